The Hall–Kier alpha value is -0.620. The zero-order valence-corrected chi connectivity index (χ0v) is 13.0. The summed E-state index contributed by atoms with van der Waals surface area (Å²) in [5.74, 6) is 0. The number of rotatable bonds is 7. The van der Waals surface area contributed by atoms with E-state index in [4.69, 9.17) is 16.3 Å². The van der Waals surface area contributed by atoms with E-state index in [1.54, 1.807) is 18.2 Å². The summed E-state index contributed by atoms with van der Waals surface area (Å²) in [4.78, 5) is 0.274. The van der Waals surface area contributed by atoms with Crippen molar-refractivity contribution in [1.82, 2.24) is 5.32 Å². The van der Waals surface area contributed by atoms with Gasteiger partial charge in [0.15, 0.2) is 9.84 Å². The van der Waals surface area contributed by atoms with E-state index >= 15 is 0 Å². The first-order chi connectivity index (χ1) is 8.86. The normalized spacial score (nSPS) is 13.5. The molecule has 1 N–H and O–H groups in total. The third-order valence-corrected chi connectivity index (χ3v) is 4.21. The van der Waals surface area contributed by atoms with Crippen LogP contribution in [0.5, 0.6) is 0 Å². The van der Waals surface area contributed by atoms with Crippen LogP contribution in [0.1, 0.15) is 19.4 Å². The van der Waals surface area contributed by atoms with E-state index in [2.05, 4.69) is 5.32 Å². The van der Waals surface area contributed by atoms with Gasteiger partial charge in [0.05, 0.1) is 11.5 Å². The number of nitrogens with one attached hydrogen (secondary N) is 1. The molecular formula is C13H20ClNO3S. The van der Waals surface area contributed by atoms with E-state index in [-0.39, 0.29) is 10.9 Å². The maximum atomic E-state index is 11.7. The van der Waals surface area contributed by atoms with Crippen molar-refractivity contribution in [1.29, 1.82) is 0 Å². The van der Waals surface area contributed by atoms with Gasteiger partial charge in [0.1, 0.15) is 0 Å². The second-order valence-corrected chi connectivity index (χ2v) is 6.82. The van der Waals surface area contributed by atoms with Crippen molar-refractivity contribution < 1.29 is 13.2 Å². The number of hydrogen-bond acceptors (Lipinski definition) is 4. The highest BCUT2D eigenvalue weighted by Gasteiger charge is 2.16. The smallest absolute Gasteiger partial charge is 0.175 e. The molecule has 1 aromatic carbocycles. The fourth-order valence-electron chi connectivity index (χ4n) is 1.69. The summed E-state index contributed by atoms with van der Waals surface area (Å²) in [6.07, 6.45) is 1.19. The van der Waals surface area contributed by atoms with Crippen molar-refractivity contribution in [2.45, 2.75) is 31.3 Å². The van der Waals surface area contributed by atoms with E-state index in [0.717, 1.165) is 0 Å². The lowest BCUT2D eigenvalue weighted by Gasteiger charge is -2.16. The van der Waals surface area contributed by atoms with Gasteiger partial charge in [-0.15, -0.1) is 0 Å². The van der Waals surface area contributed by atoms with Gasteiger partial charge in [0.25, 0.3) is 0 Å². The van der Waals surface area contributed by atoms with Crippen LogP contribution in [0.3, 0.4) is 0 Å². The van der Waals surface area contributed by atoms with Crippen molar-refractivity contribution in [3.05, 3.63) is 28.8 Å². The Morgan fingerprint density at radius 2 is 2.11 bits per heavy atom. The lowest BCUT2D eigenvalue weighted by molar-refractivity contribution is 0.127. The van der Waals surface area contributed by atoms with Gasteiger partial charge in [-0.05, 0) is 26.0 Å². The molecule has 0 saturated carbocycles. The molecule has 0 heterocycles. The van der Waals surface area contributed by atoms with E-state index in [1.165, 1.54) is 6.26 Å². The molecule has 0 spiro atoms. The van der Waals surface area contributed by atoms with E-state index in [0.29, 0.717) is 30.3 Å². The maximum Gasteiger partial charge on any atom is 0.175 e. The molecule has 0 aliphatic carbocycles. The Balaban J connectivity index is 2.83. The Bertz CT molecular complexity index is 517. The fraction of sp³-hybridized carbons (Fsp3) is 0.538. The molecule has 6 heteroatoms. The molecule has 0 fully saturated rings. The quantitative estimate of drug-likeness (QED) is 0.839. The Kier molecular flexibility index (Phi) is 6.26. The van der Waals surface area contributed by atoms with Crippen LogP contribution >= 0.6 is 11.6 Å². The predicted octanol–water partition coefficient (Wildman–Crippen LogP) is 2.26. The second kappa shape index (κ2) is 7.24. The van der Waals surface area contributed by atoms with Crippen LogP contribution < -0.4 is 5.32 Å². The fourth-order valence-corrected chi connectivity index (χ4v) is 2.94. The summed E-state index contributed by atoms with van der Waals surface area (Å²) in [6, 6.07) is 5.04. The minimum atomic E-state index is -3.28. The van der Waals surface area contributed by atoms with Crippen LogP contribution in [0.2, 0.25) is 5.02 Å². The first-order valence-corrected chi connectivity index (χ1v) is 8.41. The first kappa shape index (κ1) is 16.4. The molecule has 0 aliphatic rings. The molecule has 1 unspecified atom stereocenters. The molecule has 0 aliphatic heterocycles. The van der Waals surface area contributed by atoms with Gasteiger partial charge < -0.3 is 10.1 Å². The topological polar surface area (TPSA) is 55.4 Å². The average Bonchev–Trinajstić information content (AvgIpc) is 2.33. The number of halogens is 1. The highest BCUT2D eigenvalue weighted by Crippen LogP contribution is 2.23. The third-order valence-electron chi connectivity index (χ3n) is 2.67. The zero-order valence-electron chi connectivity index (χ0n) is 11.4. The minimum absolute atomic E-state index is 0.128. The van der Waals surface area contributed by atoms with Gasteiger partial charge in [-0.3, -0.25) is 0 Å². The van der Waals surface area contributed by atoms with Crippen LogP contribution in [0, 0.1) is 0 Å². The van der Waals surface area contributed by atoms with Crippen LogP contribution in [0.15, 0.2) is 23.1 Å². The summed E-state index contributed by atoms with van der Waals surface area (Å²) in [6.45, 7) is 5.55. The average molecular weight is 306 g/mol. The van der Waals surface area contributed by atoms with Crippen molar-refractivity contribution in [2.24, 2.45) is 0 Å². The highest BCUT2D eigenvalue weighted by molar-refractivity contribution is 7.90. The summed E-state index contributed by atoms with van der Waals surface area (Å²) >= 11 is 6.09. The van der Waals surface area contributed by atoms with E-state index in [9.17, 15) is 8.42 Å². The Morgan fingerprint density at radius 1 is 1.42 bits per heavy atom. The molecule has 1 rings (SSSR count). The van der Waals surface area contributed by atoms with Crippen molar-refractivity contribution >= 4 is 21.4 Å². The van der Waals surface area contributed by atoms with Crippen molar-refractivity contribution in [3.63, 3.8) is 0 Å². The molecule has 108 valence electrons. The first-order valence-electron chi connectivity index (χ1n) is 6.14. The number of benzene rings is 1. The third kappa shape index (κ3) is 5.10. The predicted molar refractivity (Wildman–Crippen MR) is 77.4 cm³/mol. The van der Waals surface area contributed by atoms with Crippen molar-refractivity contribution in [3.8, 4) is 0 Å². The van der Waals surface area contributed by atoms with E-state index in [1.807, 2.05) is 13.8 Å². The molecule has 0 saturated heterocycles. The largest absolute Gasteiger partial charge is 0.380 e. The second-order valence-electron chi connectivity index (χ2n) is 4.43. The summed E-state index contributed by atoms with van der Waals surface area (Å²) < 4.78 is 28.7. The Morgan fingerprint density at radius 3 is 2.68 bits per heavy atom. The van der Waals surface area contributed by atoms with Gasteiger partial charge >= 0.3 is 0 Å². The maximum absolute atomic E-state index is 11.7. The molecule has 0 radical (unpaired) electrons. The molecule has 1 atom stereocenters. The monoisotopic (exact) mass is 305 g/mol. The van der Waals surface area contributed by atoms with Gasteiger partial charge in [-0.1, -0.05) is 17.7 Å². The summed E-state index contributed by atoms with van der Waals surface area (Å²) in [7, 11) is -3.28. The number of ether oxygens (including phenoxy) is 1. The van der Waals surface area contributed by atoms with Gasteiger partial charge in [0.2, 0.25) is 0 Å². The van der Waals surface area contributed by atoms with Gasteiger partial charge in [-0.25, -0.2) is 8.42 Å². The molecule has 19 heavy (non-hydrogen) atoms. The van der Waals surface area contributed by atoms with Gasteiger partial charge in [-0.2, -0.15) is 0 Å². The minimum Gasteiger partial charge on any atom is -0.380 e. The van der Waals surface area contributed by atoms with Crippen LogP contribution in [0.4, 0.5) is 0 Å². The molecular weight excluding hydrogens is 286 g/mol. The molecule has 1 aromatic rings. The van der Waals surface area contributed by atoms with E-state index < -0.39 is 9.84 Å². The van der Waals surface area contributed by atoms with Crippen LogP contribution in [-0.2, 0) is 21.1 Å². The highest BCUT2D eigenvalue weighted by atomic mass is 35.5. The summed E-state index contributed by atoms with van der Waals surface area (Å²) in [5.41, 5.74) is 0.606. The molecule has 0 amide bonds. The SMILES string of the molecule is CCOCC(C)NCc1c(Cl)cccc1S(C)(=O)=O. The van der Waals surface area contributed by atoms with Crippen LogP contribution in [-0.4, -0.2) is 33.9 Å². The van der Waals surface area contributed by atoms with Gasteiger partial charge in [0, 0.05) is 36.0 Å². The lowest BCUT2D eigenvalue weighted by Crippen LogP contribution is -2.30. The molecule has 0 aromatic heterocycles. The molecule has 0 bridgehead atoms. The number of hydrogen-bond donors (Lipinski definition) is 1. The zero-order chi connectivity index (χ0) is 14.5. The Labute approximate surface area is 120 Å². The molecule has 4 nitrogen and oxygen atoms in total. The van der Waals surface area contributed by atoms with Crippen molar-refractivity contribution in [2.75, 3.05) is 19.5 Å². The lowest BCUT2D eigenvalue weighted by atomic mass is 10.2. The number of sulfone groups is 1. The standard InChI is InChI=1S/C13H20ClNO3S/c1-4-18-9-10(2)15-8-11-12(14)6-5-7-13(11)19(3,16)17/h5-7,10,15H,4,8-9H2,1-3H3. The van der Waals surface area contributed by atoms with Crippen LogP contribution in [0.25, 0.3) is 0 Å². The summed E-state index contributed by atoms with van der Waals surface area (Å²) in [5, 5.41) is 3.67.